The van der Waals surface area contributed by atoms with Crippen LogP contribution in [0.1, 0.15) is 29.3 Å². The van der Waals surface area contributed by atoms with Gasteiger partial charge >= 0.3 is 0 Å². The fourth-order valence-corrected chi connectivity index (χ4v) is 1.56. The molecule has 0 radical (unpaired) electrons. The summed E-state index contributed by atoms with van der Waals surface area (Å²) in [5.74, 6) is -0.123. The van der Waals surface area contributed by atoms with Crippen LogP contribution < -0.4 is 5.73 Å². The Morgan fingerprint density at radius 2 is 2.21 bits per heavy atom. The van der Waals surface area contributed by atoms with Crippen molar-refractivity contribution in [1.29, 1.82) is 0 Å². The van der Waals surface area contributed by atoms with Gasteiger partial charge in [0.05, 0.1) is 5.88 Å². The fourth-order valence-electron chi connectivity index (χ4n) is 1.42. The number of aryl methyl sites for hydroxylation is 1. The SMILES string of the molecule is CCCc1cccc(C(=O)CCl)c1N. The van der Waals surface area contributed by atoms with Crippen LogP contribution in [-0.2, 0) is 6.42 Å². The number of carbonyl (C=O) groups excluding carboxylic acids is 1. The quantitative estimate of drug-likeness (QED) is 0.473. The summed E-state index contributed by atoms with van der Waals surface area (Å²) in [6, 6.07) is 5.52. The molecule has 0 atom stereocenters. The van der Waals surface area contributed by atoms with Crippen molar-refractivity contribution in [2.75, 3.05) is 11.6 Å². The summed E-state index contributed by atoms with van der Waals surface area (Å²) in [6.07, 6.45) is 1.91. The first-order valence-corrected chi connectivity index (χ1v) is 5.20. The van der Waals surface area contributed by atoms with Crippen molar-refractivity contribution < 1.29 is 4.79 Å². The van der Waals surface area contributed by atoms with E-state index in [0.717, 1.165) is 18.4 Å². The van der Waals surface area contributed by atoms with E-state index >= 15 is 0 Å². The van der Waals surface area contributed by atoms with E-state index in [1.165, 1.54) is 0 Å². The molecule has 0 aliphatic heterocycles. The number of hydrogen-bond donors (Lipinski definition) is 1. The number of nitrogens with two attached hydrogens (primary N) is 1. The molecule has 1 aromatic rings. The van der Waals surface area contributed by atoms with E-state index in [0.29, 0.717) is 11.3 Å². The van der Waals surface area contributed by atoms with Gasteiger partial charge in [0.15, 0.2) is 5.78 Å². The van der Waals surface area contributed by atoms with Crippen molar-refractivity contribution in [2.45, 2.75) is 19.8 Å². The Morgan fingerprint density at radius 1 is 1.50 bits per heavy atom. The van der Waals surface area contributed by atoms with E-state index in [1.807, 2.05) is 12.1 Å². The number of halogens is 1. The Hall–Kier alpha value is -1.02. The standard InChI is InChI=1S/C11H14ClNO/c1-2-4-8-5-3-6-9(11(8)13)10(14)7-12/h3,5-6H,2,4,7,13H2,1H3. The summed E-state index contributed by atoms with van der Waals surface area (Å²) in [6.45, 7) is 2.08. The minimum Gasteiger partial charge on any atom is -0.398 e. The van der Waals surface area contributed by atoms with Crippen LogP contribution >= 0.6 is 11.6 Å². The molecule has 0 amide bonds. The highest BCUT2D eigenvalue weighted by molar-refractivity contribution is 6.31. The van der Waals surface area contributed by atoms with Crippen LogP contribution in [0.2, 0.25) is 0 Å². The molecule has 0 fully saturated rings. The van der Waals surface area contributed by atoms with E-state index in [4.69, 9.17) is 17.3 Å². The molecule has 0 heterocycles. The molecule has 2 N–H and O–H groups in total. The second-order valence-corrected chi connectivity index (χ2v) is 3.45. The van der Waals surface area contributed by atoms with Crippen molar-refractivity contribution >= 4 is 23.1 Å². The number of benzene rings is 1. The second kappa shape index (κ2) is 5.01. The monoisotopic (exact) mass is 211 g/mol. The molecule has 14 heavy (non-hydrogen) atoms. The maximum atomic E-state index is 11.4. The van der Waals surface area contributed by atoms with Crippen LogP contribution in [0.15, 0.2) is 18.2 Å². The molecule has 0 bridgehead atoms. The van der Waals surface area contributed by atoms with Gasteiger partial charge in [-0.2, -0.15) is 0 Å². The number of anilines is 1. The highest BCUT2D eigenvalue weighted by atomic mass is 35.5. The Bertz CT molecular complexity index is 336. The highest BCUT2D eigenvalue weighted by Crippen LogP contribution is 2.19. The summed E-state index contributed by atoms with van der Waals surface area (Å²) >= 11 is 5.48. The zero-order chi connectivity index (χ0) is 10.6. The number of para-hydroxylation sites is 1. The first-order valence-electron chi connectivity index (χ1n) is 4.67. The van der Waals surface area contributed by atoms with Gasteiger partial charge < -0.3 is 5.73 Å². The second-order valence-electron chi connectivity index (χ2n) is 3.19. The van der Waals surface area contributed by atoms with E-state index in [2.05, 4.69) is 6.92 Å². The minimum atomic E-state index is -0.109. The molecule has 0 saturated heterocycles. The van der Waals surface area contributed by atoms with Gasteiger partial charge in [-0.05, 0) is 18.1 Å². The Morgan fingerprint density at radius 3 is 2.79 bits per heavy atom. The zero-order valence-electron chi connectivity index (χ0n) is 8.22. The Labute approximate surface area is 89.1 Å². The molecule has 0 unspecified atom stereocenters. The van der Waals surface area contributed by atoms with Crippen molar-refractivity contribution in [3.63, 3.8) is 0 Å². The largest absolute Gasteiger partial charge is 0.398 e. The third kappa shape index (κ3) is 2.26. The summed E-state index contributed by atoms with van der Waals surface area (Å²) in [5, 5.41) is 0. The molecule has 0 spiro atoms. The average molecular weight is 212 g/mol. The number of rotatable bonds is 4. The lowest BCUT2D eigenvalue weighted by molar-refractivity contribution is 0.102. The van der Waals surface area contributed by atoms with Gasteiger partial charge in [0.1, 0.15) is 0 Å². The molecular formula is C11H14ClNO. The molecule has 3 heteroatoms. The molecule has 0 saturated carbocycles. The molecule has 2 nitrogen and oxygen atoms in total. The normalized spacial score (nSPS) is 10.1. The number of ketones is 1. The molecule has 1 rings (SSSR count). The molecule has 1 aromatic carbocycles. The summed E-state index contributed by atoms with van der Waals surface area (Å²) < 4.78 is 0. The molecule has 0 aromatic heterocycles. The highest BCUT2D eigenvalue weighted by Gasteiger charge is 2.10. The lowest BCUT2D eigenvalue weighted by Gasteiger charge is -2.08. The topological polar surface area (TPSA) is 43.1 Å². The number of nitrogen functional groups attached to an aromatic ring is 1. The minimum absolute atomic E-state index is 0.0141. The van der Waals surface area contributed by atoms with E-state index in [-0.39, 0.29) is 11.7 Å². The molecule has 76 valence electrons. The van der Waals surface area contributed by atoms with Crippen LogP contribution in [0.3, 0.4) is 0 Å². The smallest absolute Gasteiger partial charge is 0.179 e. The van der Waals surface area contributed by atoms with Gasteiger partial charge in [-0.1, -0.05) is 25.5 Å². The van der Waals surface area contributed by atoms with Gasteiger partial charge in [-0.3, -0.25) is 4.79 Å². The van der Waals surface area contributed by atoms with Crippen LogP contribution in [-0.4, -0.2) is 11.7 Å². The molecule has 0 aliphatic rings. The summed E-state index contributed by atoms with van der Waals surface area (Å²) in [5.41, 5.74) is 8.03. The predicted octanol–water partition coefficient (Wildman–Crippen LogP) is 2.64. The zero-order valence-corrected chi connectivity index (χ0v) is 8.97. The fraction of sp³-hybridized carbons (Fsp3) is 0.364. The maximum Gasteiger partial charge on any atom is 0.179 e. The Kier molecular flexibility index (Phi) is 3.96. The lowest BCUT2D eigenvalue weighted by Crippen LogP contribution is -2.07. The number of alkyl halides is 1. The van der Waals surface area contributed by atoms with Gasteiger partial charge in [0, 0.05) is 11.3 Å². The van der Waals surface area contributed by atoms with Gasteiger partial charge in [-0.25, -0.2) is 0 Å². The van der Waals surface area contributed by atoms with Crippen LogP contribution in [0.5, 0.6) is 0 Å². The van der Waals surface area contributed by atoms with Crippen LogP contribution in [0.4, 0.5) is 5.69 Å². The van der Waals surface area contributed by atoms with Gasteiger partial charge in [0.2, 0.25) is 0 Å². The average Bonchev–Trinajstić information content (AvgIpc) is 2.20. The number of hydrogen-bond acceptors (Lipinski definition) is 2. The molecular weight excluding hydrogens is 198 g/mol. The summed E-state index contributed by atoms with van der Waals surface area (Å²) in [7, 11) is 0. The third-order valence-electron chi connectivity index (χ3n) is 2.14. The van der Waals surface area contributed by atoms with Crippen molar-refractivity contribution in [1.82, 2.24) is 0 Å². The molecule has 0 aliphatic carbocycles. The van der Waals surface area contributed by atoms with E-state index in [1.54, 1.807) is 6.07 Å². The maximum absolute atomic E-state index is 11.4. The van der Waals surface area contributed by atoms with E-state index in [9.17, 15) is 4.79 Å². The van der Waals surface area contributed by atoms with E-state index < -0.39 is 0 Å². The van der Waals surface area contributed by atoms with Gasteiger partial charge in [-0.15, -0.1) is 11.6 Å². The number of Topliss-reactive ketones (excluding diaryl/α,β-unsaturated/α-hetero) is 1. The van der Waals surface area contributed by atoms with Crippen molar-refractivity contribution in [3.8, 4) is 0 Å². The first kappa shape index (κ1) is 11.1. The first-order chi connectivity index (χ1) is 6.70. The van der Waals surface area contributed by atoms with Crippen molar-refractivity contribution in [2.24, 2.45) is 0 Å². The lowest BCUT2D eigenvalue weighted by atomic mass is 10.0. The van der Waals surface area contributed by atoms with Gasteiger partial charge in [0.25, 0.3) is 0 Å². The summed E-state index contributed by atoms with van der Waals surface area (Å²) in [4.78, 5) is 11.4. The third-order valence-corrected chi connectivity index (χ3v) is 2.38. The van der Waals surface area contributed by atoms with Crippen LogP contribution in [0, 0.1) is 0 Å². The van der Waals surface area contributed by atoms with Crippen LogP contribution in [0.25, 0.3) is 0 Å². The Balaban J connectivity index is 3.07. The number of carbonyl (C=O) groups is 1. The van der Waals surface area contributed by atoms with Crippen molar-refractivity contribution in [3.05, 3.63) is 29.3 Å². The predicted molar refractivity (Wildman–Crippen MR) is 59.9 cm³/mol.